The van der Waals surface area contributed by atoms with Crippen LogP contribution in [0.1, 0.15) is 70.0 Å². The maximum Gasteiger partial charge on any atom is 0.416 e. The molecular formula is C34H44F3NO2S3. The van der Waals surface area contributed by atoms with E-state index in [4.69, 9.17) is 10.1 Å². The van der Waals surface area contributed by atoms with E-state index >= 15 is 0 Å². The number of thioether (sulfide) groups is 2. The number of alkyl halides is 3. The molecule has 0 atom stereocenters. The third-order valence-electron chi connectivity index (χ3n) is 5.19. The van der Waals surface area contributed by atoms with Gasteiger partial charge in [0.15, 0.2) is 0 Å². The number of aliphatic carboxylic acids is 1. The molecule has 2 aromatic carbocycles. The van der Waals surface area contributed by atoms with E-state index in [9.17, 15) is 18.0 Å². The largest absolute Gasteiger partial charge is 0.481 e. The van der Waals surface area contributed by atoms with Crippen molar-refractivity contribution in [3.63, 3.8) is 0 Å². The molecule has 0 aliphatic carbocycles. The summed E-state index contributed by atoms with van der Waals surface area (Å²) in [5.41, 5.74) is 2.24. The van der Waals surface area contributed by atoms with Gasteiger partial charge in [0.1, 0.15) is 5.01 Å². The highest BCUT2D eigenvalue weighted by Gasteiger charge is 2.30. The zero-order valence-corrected chi connectivity index (χ0v) is 28.2. The van der Waals surface area contributed by atoms with Crippen molar-refractivity contribution in [1.29, 1.82) is 0 Å². The van der Waals surface area contributed by atoms with Crippen molar-refractivity contribution < 1.29 is 23.1 Å². The normalized spacial score (nSPS) is 10.7. The van der Waals surface area contributed by atoms with E-state index in [0.29, 0.717) is 12.0 Å². The first-order valence-electron chi connectivity index (χ1n) is 14.2. The lowest BCUT2D eigenvalue weighted by atomic mass is 10.1. The standard InChI is InChI=1S/C21H18F3NS3.C9H14O2.2C2H6/c1-2-12-26-14-19-18(13-27-17-6-4-3-5-7-17)25-20(28-19)15-8-10-16(11-9-15)21(22,23)24;1-3-5-8(2)6-4-7-9(10)11;2*1-2/h2-11H,1,12-14H2;3,5H,1,4,6-7H2,2H3,(H,10,11);2*1-2H3/b;8-5+;;. The predicted octanol–water partition coefficient (Wildman–Crippen LogP) is 12.0. The number of aromatic nitrogens is 1. The molecule has 3 aromatic rings. The van der Waals surface area contributed by atoms with Crippen molar-refractivity contribution in [2.24, 2.45) is 0 Å². The minimum Gasteiger partial charge on any atom is -0.481 e. The first kappa shape index (κ1) is 40.2. The molecule has 9 heteroatoms. The van der Waals surface area contributed by atoms with Gasteiger partial charge in [-0.3, -0.25) is 4.79 Å². The number of halogens is 3. The second-order valence-corrected chi connectivity index (χ2v) is 11.5. The smallest absolute Gasteiger partial charge is 0.416 e. The molecule has 1 aromatic heterocycles. The molecule has 43 heavy (non-hydrogen) atoms. The first-order valence-corrected chi connectivity index (χ1v) is 17.1. The molecule has 0 saturated carbocycles. The van der Waals surface area contributed by atoms with Crippen molar-refractivity contribution >= 4 is 40.8 Å². The Morgan fingerprint density at radius 1 is 0.977 bits per heavy atom. The number of carbonyl (C=O) groups is 1. The summed E-state index contributed by atoms with van der Waals surface area (Å²) >= 11 is 5.01. The summed E-state index contributed by atoms with van der Waals surface area (Å²) in [4.78, 5) is 17.2. The van der Waals surface area contributed by atoms with Gasteiger partial charge in [-0.25, -0.2) is 4.98 Å². The van der Waals surface area contributed by atoms with Gasteiger partial charge in [-0.2, -0.15) is 24.9 Å². The third kappa shape index (κ3) is 17.2. The average molecular weight is 652 g/mol. The van der Waals surface area contributed by atoms with Gasteiger partial charge in [-0.15, -0.1) is 29.7 Å². The van der Waals surface area contributed by atoms with Gasteiger partial charge < -0.3 is 5.11 Å². The predicted molar refractivity (Wildman–Crippen MR) is 183 cm³/mol. The summed E-state index contributed by atoms with van der Waals surface area (Å²) in [6.07, 6.45) is 2.97. The van der Waals surface area contributed by atoms with E-state index in [-0.39, 0.29) is 6.42 Å². The van der Waals surface area contributed by atoms with Gasteiger partial charge in [-0.05, 0) is 44.0 Å². The highest BCUT2D eigenvalue weighted by atomic mass is 32.2. The summed E-state index contributed by atoms with van der Waals surface area (Å²) in [5, 5.41) is 9.07. The van der Waals surface area contributed by atoms with Crippen molar-refractivity contribution in [3.05, 3.63) is 108 Å². The van der Waals surface area contributed by atoms with Crippen molar-refractivity contribution in [1.82, 2.24) is 4.98 Å². The topological polar surface area (TPSA) is 50.2 Å². The number of thiazole rings is 1. The molecule has 0 unspecified atom stereocenters. The van der Waals surface area contributed by atoms with Crippen LogP contribution in [0.2, 0.25) is 0 Å². The number of carboxylic acids is 1. The Kier molecular flexibility index (Phi) is 22.2. The van der Waals surface area contributed by atoms with Gasteiger partial charge in [0, 0.05) is 39.0 Å². The van der Waals surface area contributed by atoms with Crippen LogP contribution in [0.15, 0.2) is 96.5 Å². The van der Waals surface area contributed by atoms with Gasteiger partial charge in [0.25, 0.3) is 0 Å². The van der Waals surface area contributed by atoms with Crippen molar-refractivity contribution in [2.75, 3.05) is 5.75 Å². The van der Waals surface area contributed by atoms with Crippen LogP contribution in [-0.2, 0) is 22.5 Å². The van der Waals surface area contributed by atoms with Gasteiger partial charge in [0.2, 0.25) is 0 Å². The molecule has 3 rings (SSSR count). The molecule has 0 fully saturated rings. The molecule has 0 aliphatic heterocycles. The Hall–Kier alpha value is -2.75. The maximum absolute atomic E-state index is 12.8. The van der Waals surface area contributed by atoms with Crippen molar-refractivity contribution in [3.8, 4) is 10.6 Å². The summed E-state index contributed by atoms with van der Waals surface area (Å²) in [7, 11) is 0. The van der Waals surface area contributed by atoms with E-state index in [1.54, 1.807) is 40.9 Å². The quantitative estimate of drug-likeness (QED) is 0.0862. The van der Waals surface area contributed by atoms with Crippen LogP contribution in [0, 0.1) is 0 Å². The van der Waals surface area contributed by atoms with Crippen LogP contribution in [0.4, 0.5) is 13.2 Å². The van der Waals surface area contributed by atoms with Crippen LogP contribution in [0.3, 0.4) is 0 Å². The average Bonchev–Trinajstić information content (AvgIpc) is 3.41. The van der Waals surface area contributed by atoms with E-state index in [0.717, 1.165) is 56.3 Å². The summed E-state index contributed by atoms with van der Waals surface area (Å²) in [6, 6.07) is 15.3. The Balaban J connectivity index is 0.000000992. The first-order chi connectivity index (χ1) is 20.6. The van der Waals surface area contributed by atoms with Gasteiger partial charge in [0.05, 0.1) is 11.3 Å². The Morgan fingerprint density at radius 2 is 1.60 bits per heavy atom. The number of hydrogen-bond donors (Lipinski definition) is 1. The van der Waals surface area contributed by atoms with Crippen LogP contribution < -0.4 is 0 Å². The monoisotopic (exact) mass is 651 g/mol. The molecule has 0 amide bonds. The second kappa shape index (κ2) is 23.7. The van der Waals surface area contributed by atoms with Crippen molar-refractivity contribution in [2.45, 2.75) is 76.5 Å². The van der Waals surface area contributed by atoms with Gasteiger partial charge in [-0.1, -0.05) is 88.4 Å². The fourth-order valence-electron chi connectivity index (χ4n) is 3.24. The van der Waals surface area contributed by atoms with Gasteiger partial charge >= 0.3 is 12.1 Å². The van der Waals surface area contributed by atoms with E-state index in [1.807, 2.05) is 65.0 Å². The number of hydrogen-bond acceptors (Lipinski definition) is 5. The molecule has 1 N–H and O–H groups in total. The Labute approximate surface area is 268 Å². The lowest BCUT2D eigenvalue weighted by Gasteiger charge is -2.06. The molecule has 1 heterocycles. The molecule has 3 nitrogen and oxygen atoms in total. The van der Waals surface area contributed by atoms with E-state index < -0.39 is 17.7 Å². The lowest BCUT2D eigenvalue weighted by molar-refractivity contribution is -0.138. The minimum absolute atomic E-state index is 0.252. The molecule has 0 aliphatic rings. The number of nitrogens with zero attached hydrogens (tertiary/aromatic N) is 1. The molecular weight excluding hydrogens is 608 g/mol. The fraction of sp³-hybridized carbons (Fsp3) is 0.353. The maximum atomic E-state index is 12.8. The second-order valence-electron chi connectivity index (χ2n) is 8.37. The molecule has 236 valence electrons. The summed E-state index contributed by atoms with van der Waals surface area (Å²) < 4.78 is 38.4. The molecule has 0 radical (unpaired) electrons. The number of carboxylic acid groups (broad SMARTS) is 1. The number of allylic oxidation sites excluding steroid dienone is 3. The van der Waals surface area contributed by atoms with Crippen LogP contribution in [0.5, 0.6) is 0 Å². The van der Waals surface area contributed by atoms with E-state index in [1.165, 1.54) is 17.7 Å². The van der Waals surface area contributed by atoms with Crippen LogP contribution in [-0.4, -0.2) is 21.8 Å². The zero-order chi connectivity index (χ0) is 32.7. The summed E-state index contributed by atoms with van der Waals surface area (Å²) in [5.74, 6) is 1.66. The molecule has 0 bridgehead atoms. The molecule has 0 saturated heterocycles. The lowest BCUT2D eigenvalue weighted by Crippen LogP contribution is -2.03. The van der Waals surface area contributed by atoms with Crippen LogP contribution in [0.25, 0.3) is 10.6 Å². The highest BCUT2D eigenvalue weighted by Crippen LogP contribution is 2.36. The number of benzene rings is 2. The number of rotatable bonds is 13. The third-order valence-corrected chi connectivity index (χ3v) is 8.51. The van der Waals surface area contributed by atoms with Crippen LogP contribution >= 0.6 is 34.9 Å². The SMILES string of the molecule is C=C/C=C(\C)CCCC(=O)O.C=CCSCc1sc(-c2ccc(C(F)(F)F)cc2)nc1CSc1ccccc1.CC.CC. The minimum atomic E-state index is -4.33. The Morgan fingerprint density at radius 3 is 2.14 bits per heavy atom. The fourth-order valence-corrected chi connectivity index (χ4v) is 6.22. The Bertz CT molecular complexity index is 1220. The highest BCUT2D eigenvalue weighted by molar-refractivity contribution is 7.99. The van der Waals surface area contributed by atoms with E-state index in [2.05, 4.69) is 25.3 Å². The summed E-state index contributed by atoms with van der Waals surface area (Å²) in [6.45, 7) is 17.3. The zero-order valence-electron chi connectivity index (χ0n) is 25.7. The molecule has 0 spiro atoms.